The quantitative estimate of drug-likeness (QED) is 0.944. The first kappa shape index (κ1) is 15.0. The number of nitrogens with two attached hydrogens (primary N) is 1. The van der Waals surface area contributed by atoms with Crippen molar-refractivity contribution in [2.24, 2.45) is 5.73 Å². The monoisotopic (exact) mass is 310 g/mol. The van der Waals surface area contributed by atoms with Crippen LogP contribution in [-0.4, -0.2) is 15.5 Å². The van der Waals surface area contributed by atoms with E-state index >= 15 is 0 Å². The Labute approximate surface area is 123 Å². The van der Waals surface area contributed by atoms with Crippen molar-refractivity contribution in [1.82, 2.24) is 0 Å². The van der Waals surface area contributed by atoms with E-state index in [2.05, 4.69) is 0 Å². The van der Waals surface area contributed by atoms with Gasteiger partial charge in [0.15, 0.2) is 0 Å². The van der Waals surface area contributed by atoms with Crippen LogP contribution < -0.4 is 10.0 Å². The van der Waals surface area contributed by atoms with Gasteiger partial charge in [-0.05, 0) is 31.5 Å². The van der Waals surface area contributed by atoms with Gasteiger partial charge in [-0.2, -0.15) is 0 Å². The Morgan fingerprint density at radius 2 is 1.90 bits per heavy atom. The summed E-state index contributed by atoms with van der Waals surface area (Å²) in [7, 11) is -1.97. The molecule has 1 aromatic heterocycles. The minimum Gasteiger partial charge on any atom is -0.326 e. The van der Waals surface area contributed by atoms with E-state index in [0.29, 0.717) is 17.1 Å². The maximum atomic E-state index is 12.7. The summed E-state index contributed by atoms with van der Waals surface area (Å²) in [5.41, 5.74) is 7.20. The lowest BCUT2D eigenvalue weighted by molar-refractivity contribution is 0.594. The van der Waals surface area contributed by atoms with Gasteiger partial charge in [-0.25, -0.2) is 8.42 Å². The highest BCUT2D eigenvalue weighted by molar-refractivity contribution is 7.93. The number of para-hydroxylation sites is 1. The van der Waals surface area contributed by atoms with Crippen molar-refractivity contribution >= 4 is 27.0 Å². The van der Waals surface area contributed by atoms with Gasteiger partial charge in [0, 0.05) is 23.3 Å². The molecule has 2 aromatic rings. The fourth-order valence-corrected chi connectivity index (χ4v) is 4.82. The predicted molar refractivity (Wildman–Crippen MR) is 83.7 cm³/mol. The molecule has 0 radical (unpaired) electrons. The van der Waals surface area contributed by atoms with Crippen LogP contribution in [0.1, 0.15) is 15.3 Å². The van der Waals surface area contributed by atoms with E-state index in [0.717, 1.165) is 15.3 Å². The number of nitrogens with zero attached hydrogens (tertiary/aromatic N) is 1. The van der Waals surface area contributed by atoms with E-state index in [1.807, 2.05) is 32.0 Å². The zero-order valence-corrected chi connectivity index (χ0v) is 13.4. The minimum absolute atomic E-state index is 0.341. The maximum absolute atomic E-state index is 12.7. The van der Waals surface area contributed by atoms with Crippen LogP contribution in [0.4, 0.5) is 5.69 Å². The van der Waals surface area contributed by atoms with Gasteiger partial charge in [-0.15, -0.1) is 11.3 Å². The summed E-state index contributed by atoms with van der Waals surface area (Å²) in [6, 6.07) is 9.09. The smallest absolute Gasteiger partial charge is 0.265 e. The standard InChI is InChI=1S/C14H18N2O2S2/c1-10-6-4-5-7-13(10)16(3)20(17,18)14-8-12(9-15)19-11(14)2/h4-8H,9,15H2,1-3H3. The highest BCUT2D eigenvalue weighted by Crippen LogP contribution is 2.30. The molecule has 0 aliphatic rings. The van der Waals surface area contributed by atoms with Crippen molar-refractivity contribution < 1.29 is 8.42 Å². The summed E-state index contributed by atoms with van der Waals surface area (Å²) in [6.45, 7) is 4.06. The van der Waals surface area contributed by atoms with Crippen LogP contribution >= 0.6 is 11.3 Å². The Bertz CT molecular complexity index is 721. The second-order valence-electron chi connectivity index (χ2n) is 4.60. The Morgan fingerprint density at radius 3 is 2.45 bits per heavy atom. The molecule has 0 spiro atoms. The first-order valence-corrected chi connectivity index (χ1v) is 8.47. The van der Waals surface area contributed by atoms with Crippen LogP contribution in [0.25, 0.3) is 0 Å². The van der Waals surface area contributed by atoms with E-state index < -0.39 is 10.0 Å². The fraction of sp³-hybridized carbons (Fsp3) is 0.286. The molecule has 1 heterocycles. The molecule has 6 heteroatoms. The molecule has 2 rings (SSSR count). The molecule has 0 unspecified atom stereocenters. The Kier molecular flexibility index (Phi) is 4.17. The number of sulfonamides is 1. The van der Waals surface area contributed by atoms with Crippen molar-refractivity contribution in [3.63, 3.8) is 0 Å². The highest BCUT2D eigenvalue weighted by atomic mass is 32.2. The second-order valence-corrected chi connectivity index (χ2v) is 7.87. The summed E-state index contributed by atoms with van der Waals surface area (Å²) < 4.78 is 26.8. The molecule has 0 fully saturated rings. The first-order valence-electron chi connectivity index (χ1n) is 6.22. The Hall–Kier alpha value is -1.37. The number of hydrogen-bond donors (Lipinski definition) is 1. The molecule has 0 bridgehead atoms. The SMILES string of the molecule is Cc1ccccc1N(C)S(=O)(=O)c1cc(CN)sc1C. The number of aryl methyl sites for hydroxylation is 2. The van der Waals surface area contributed by atoms with Crippen molar-refractivity contribution in [3.8, 4) is 0 Å². The van der Waals surface area contributed by atoms with E-state index in [4.69, 9.17) is 5.73 Å². The van der Waals surface area contributed by atoms with Gasteiger partial charge in [0.05, 0.1) is 5.69 Å². The number of anilines is 1. The second kappa shape index (κ2) is 5.55. The van der Waals surface area contributed by atoms with Crippen LogP contribution in [0.2, 0.25) is 0 Å². The molecule has 20 heavy (non-hydrogen) atoms. The molecular weight excluding hydrogens is 292 g/mol. The Balaban J connectivity index is 2.49. The van der Waals surface area contributed by atoms with Crippen LogP contribution in [0.15, 0.2) is 35.2 Å². The number of benzene rings is 1. The molecule has 4 nitrogen and oxygen atoms in total. The lowest BCUT2D eigenvalue weighted by Crippen LogP contribution is -2.27. The lowest BCUT2D eigenvalue weighted by atomic mass is 10.2. The summed E-state index contributed by atoms with van der Waals surface area (Å²) >= 11 is 1.43. The highest BCUT2D eigenvalue weighted by Gasteiger charge is 2.25. The largest absolute Gasteiger partial charge is 0.326 e. The van der Waals surface area contributed by atoms with Gasteiger partial charge in [-0.3, -0.25) is 4.31 Å². The summed E-state index contributed by atoms with van der Waals surface area (Å²) in [4.78, 5) is 1.99. The topological polar surface area (TPSA) is 63.4 Å². The zero-order chi connectivity index (χ0) is 14.9. The van der Waals surface area contributed by atoms with Gasteiger partial charge in [0.1, 0.15) is 4.90 Å². The molecule has 0 amide bonds. The number of hydrogen-bond acceptors (Lipinski definition) is 4. The van der Waals surface area contributed by atoms with E-state index in [9.17, 15) is 8.42 Å². The van der Waals surface area contributed by atoms with E-state index in [1.54, 1.807) is 19.2 Å². The van der Waals surface area contributed by atoms with Crippen LogP contribution in [0.3, 0.4) is 0 Å². The maximum Gasteiger partial charge on any atom is 0.265 e. The average molecular weight is 310 g/mol. The van der Waals surface area contributed by atoms with Crippen molar-refractivity contribution in [3.05, 3.63) is 45.6 Å². The number of rotatable bonds is 4. The van der Waals surface area contributed by atoms with Gasteiger partial charge in [0.25, 0.3) is 10.0 Å². The molecule has 2 N–H and O–H groups in total. The van der Waals surface area contributed by atoms with E-state index in [1.165, 1.54) is 15.6 Å². The average Bonchev–Trinajstić information content (AvgIpc) is 2.80. The molecule has 0 saturated heterocycles. The summed E-state index contributed by atoms with van der Waals surface area (Å²) in [6.07, 6.45) is 0. The molecule has 1 aromatic carbocycles. The van der Waals surface area contributed by atoms with Gasteiger partial charge < -0.3 is 5.73 Å². The van der Waals surface area contributed by atoms with Crippen LogP contribution in [0.5, 0.6) is 0 Å². The fourth-order valence-electron chi connectivity index (χ4n) is 2.07. The van der Waals surface area contributed by atoms with Crippen molar-refractivity contribution in [2.75, 3.05) is 11.4 Å². The lowest BCUT2D eigenvalue weighted by Gasteiger charge is -2.21. The molecular formula is C14H18N2O2S2. The molecule has 0 atom stereocenters. The molecule has 108 valence electrons. The third kappa shape index (κ3) is 2.59. The minimum atomic E-state index is -3.55. The van der Waals surface area contributed by atoms with Gasteiger partial charge in [-0.1, -0.05) is 18.2 Å². The summed E-state index contributed by atoms with van der Waals surface area (Å²) in [5.74, 6) is 0. The third-order valence-corrected chi connectivity index (χ3v) is 6.32. The number of thiophene rings is 1. The van der Waals surface area contributed by atoms with Crippen LogP contribution in [0, 0.1) is 13.8 Å². The Morgan fingerprint density at radius 1 is 1.25 bits per heavy atom. The molecule has 0 aliphatic carbocycles. The van der Waals surface area contributed by atoms with Crippen molar-refractivity contribution in [1.29, 1.82) is 0 Å². The van der Waals surface area contributed by atoms with Crippen molar-refractivity contribution in [2.45, 2.75) is 25.3 Å². The van der Waals surface area contributed by atoms with Crippen LogP contribution in [-0.2, 0) is 16.6 Å². The van der Waals surface area contributed by atoms with E-state index in [-0.39, 0.29) is 0 Å². The van der Waals surface area contributed by atoms with Gasteiger partial charge in [0.2, 0.25) is 0 Å². The first-order chi connectivity index (χ1) is 9.37. The molecule has 0 aliphatic heterocycles. The molecule has 0 saturated carbocycles. The third-order valence-electron chi connectivity index (χ3n) is 3.22. The predicted octanol–water partition coefficient (Wildman–Crippen LogP) is 2.65. The normalized spacial score (nSPS) is 11.6. The summed E-state index contributed by atoms with van der Waals surface area (Å²) in [5, 5.41) is 0. The van der Waals surface area contributed by atoms with Gasteiger partial charge >= 0.3 is 0 Å². The zero-order valence-electron chi connectivity index (χ0n) is 11.8.